The molecule has 1 N–H and O–H groups in total. The number of aryl methyl sites for hydroxylation is 3. The average molecular weight is 257 g/mol. The Morgan fingerprint density at radius 3 is 2.95 bits per heavy atom. The second kappa shape index (κ2) is 4.99. The second-order valence-corrected chi connectivity index (χ2v) is 5.00. The van der Waals surface area contributed by atoms with E-state index in [4.69, 9.17) is 0 Å². The Morgan fingerprint density at radius 2 is 2.11 bits per heavy atom. The number of nitrogens with zero attached hydrogens (tertiary/aromatic N) is 4. The highest BCUT2D eigenvalue weighted by Gasteiger charge is 2.16. The van der Waals surface area contributed by atoms with E-state index in [-0.39, 0.29) is 0 Å². The largest absolute Gasteiger partial charge is 0.337 e. The van der Waals surface area contributed by atoms with Crippen molar-refractivity contribution in [2.75, 3.05) is 5.32 Å². The summed E-state index contributed by atoms with van der Waals surface area (Å²) in [6.45, 7) is 2.11. The molecular formula is C14H19N5. The number of hydrogen-bond acceptors (Lipinski definition) is 4. The van der Waals surface area contributed by atoms with Crippen LogP contribution in [-0.4, -0.2) is 19.7 Å². The van der Waals surface area contributed by atoms with Crippen LogP contribution in [0.4, 0.5) is 11.5 Å². The van der Waals surface area contributed by atoms with Crippen LogP contribution in [0.2, 0.25) is 0 Å². The van der Waals surface area contributed by atoms with Crippen molar-refractivity contribution in [3.8, 4) is 0 Å². The van der Waals surface area contributed by atoms with Gasteiger partial charge in [-0.25, -0.2) is 9.97 Å². The fraction of sp³-hybridized carbons (Fsp3) is 0.500. The molecule has 5 heteroatoms. The number of nitrogens with one attached hydrogen (secondary N) is 1. The van der Waals surface area contributed by atoms with Gasteiger partial charge in [-0.05, 0) is 32.1 Å². The molecule has 19 heavy (non-hydrogen) atoms. The van der Waals surface area contributed by atoms with E-state index < -0.39 is 0 Å². The van der Waals surface area contributed by atoms with Crippen LogP contribution in [-0.2, 0) is 26.3 Å². The van der Waals surface area contributed by atoms with E-state index in [0.29, 0.717) is 0 Å². The van der Waals surface area contributed by atoms with Gasteiger partial charge >= 0.3 is 0 Å². The highest BCUT2D eigenvalue weighted by molar-refractivity contribution is 5.61. The van der Waals surface area contributed by atoms with E-state index in [9.17, 15) is 0 Å². The molecule has 0 atom stereocenters. The van der Waals surface area contributed by atoms with Crippen molar-refractivity contribution in [3.63, 3.8) is 0 Å². The van der Waals surface area contributed by atoms with Crippen LogP contribution in [0.25, 0.3) is 0 Å². The van der Waals surface area contributed by atoms with Crippen molar-refractivity contribution >= 4 is 11.5 Å². The summed E-state index contributed by atoms with van der Waals surface area (Å²) in [4.78, 5) is 8.81. The minimum atomic E-state index is 0.913. The van der Waals surface area contributed by atoms with Crippen LogP contribution in [0, 0.1) is 0 Å². The molecule has 0 saturated heterocycles. The molecule has 0 bridgehead atoms. The summed E-state index contributed by atoms with van der Waals surface area (Å²) in [5.74, 6) is 0.951. The van der Waals surface area contributed by atoms with Gasteiger partial charge in [0, 0.05) is 24.5 Å². The minimum Gasteiger partial charge on any atom is -0.337 e. The van der Waals surface area contributed by atoms with Crippen molar-refractivity contribution in [1.29, 1.82) is 0 Å². The Bertz CT molecular complexity index is 588. The molecule has 0 radical (unpaired) electrons. The Labute approximate surface area is 113 Å². The summed E-state index contributed by atoms with van der Waals surface area (Å²) >= 11 is 0. The first-order chi connectivity index (χ1) is 9.28. The molecular weight excluding hydrogens is 238 g/mol. The van der Waals surface area contributed by atoms with Crippen LogP contribution in [0.1, 0.15) is 36.7 Å². The van der Waals surface area contributed by atoms with Gasteiger partial charge in [-0.1, -0.05) is 6.92 Å². The molecule has 1 aliphatic rings. The third kappa shape index (κ3) is 2.32. The molecule has 0 aliphatic heterocycles. The summed E-state index contributed by atoms with van der Waals surface area (Å²) in [5.41, 5.74) is 4.60. The number of aromatic nitrogens is 4. The van der Waals surface area contributed by atoms with Crippen LogP contribution in [0.15, 0.2) is 12.5 Å². The van der Waals surface area contributed by atoms with Gasteiger partial charge in [-0.3, -0.25) is 4.68 Å². The Balaban J connectivity index is 1.94. The van der Waals surface area contributed by atoms with Gasteiger partial charge in [0.2, 0.25) is 0 Å². The molecule has 5 nitrogen and oxygen atoms in total. The van der Waals surface area contributed by atoms with Crippen molar-refractivity contribution < 1.29 is 0 Å². The summed E-state index contributed by atoms with van der Waals surface area (Å²) < 4.78 is 1.84. The Hall–Kier alpha value is -1.91. The Kier molecular flexibility index (Phi) is 3.19. The van der Waals surface area contributed by atoms with E-state index in [1.807, 2.05) is 17.9 Å². The van der Waals surface area contributed by atoms with Gasteiger partial charge in [0.1, 0.15) is 12.1 Å². The zero-order chi connectivity index (χ0) is 13.2. The van der Waals surface area contributed by atoms with Crippen molar-refractivity contribution in [2.45, 2.75) is 39.0 Å². The third-order valence-electron chi connectivity index (χ3n) is 3.62. The van der Waals surface area contributed by atoms with E-state index in [0.717, 1.165) is 36.5 Å². The third-order valence-corrected chi connectivity index (χ3v) is 3.62. The first kappa shape index (κ1) is 12.1. The molecule has 0 unspecified atom stereocenters. The maximum Gasteiger partial charge on any atom is 0.137 e. The summed E-state index contributed by atoms with van der Waals surface area (Å²) in [7, 11) is 1.94. The lowest BCUT2D eigenvalue weighted by Crippen LogP contribution is -2.10. The minimum absolute atomic E-state index is 0.913. The number of hydrogen-bond donors (Lipinski definition) is 1. The smallest absolute Gasteiger partial charge is 0.137 e. The highest BCUT2D eigenvalue weighted by atomic mass is 15.3. The average Bonchev–Trinajstić information content (AvgIpc) is 2.79. The fourth-order valence-electron chi connectivity index (χ4n) is 2.66. The van der Waals surface area contributed by atoms with E-state index in [1.165, 1.54) is 24.1 Å². The SMILES string of the molecule is CCc1nn(C)cc1Nc1ncnc2c1CCCC2. The molecule has 1 aliphatic carbocycles. The van der Waals surface area contributed by atoms with E-state index >= 15 is 0 Å². The topological polar surface area (TPSA) is 55.6 Å². The van der Waals surface area contributed by atoms with Gasteiger partial charge in [0.15, 0.2) is 0 Å². The van der Waals surface area contributed by atoms with Gasteiger partial charge in [0.25, 0.3) is 0 Å². The lowest BCUT2D eigenvalue weighted by molar-refractivity contribution is 0.664. The monoisotopic (exact) mass is 257 g/mol. The van der Waals surface area contributed by atoms with Gasteiger partial charge in [-0.15, -0.1) is 0 Å². The van der Waals surface area contributed by atoms with Crippen molar-refractivity contribution in [1.82, 2.24) is 19.7 Å². The summed E-state index contributed by atoms with van der Waals surface area (Å²) in [6.07, 6.45) is 9.18. The van der Waals surface area contributed by atoms with Crippen LogP contribution in [0.3, 0.4) is 0 Å². The first-order valence-electron chi connectivity index (χ1n) is 6.90. The zero-order valence-corrected chi connectivity index (χ0v) is 11.5. The molecule has 0 saturated carbocycles. The molecule has 2 aromatic rings. The number of rotatable bonds is 3. The molecule has 3 rings (SSSR count). The normalized spacial score (nSPS) is 14.2. The number of anilines is 2. The molecule has 0 spiro atoms. The molecule has 0 fully saturated rings. The van der Waals surface area contributed by atoms with Gasteiger partial charge < -0.3 is 5.32 Å². The molecule has 2 heterocycles. The maximum absolute atomic E-state index is 4.45. The standard InChI is InChI=1S/C14H19N5/c1-3-11-13(8-19(2)18-11)17-14-10-6-4-5-7-12(10)15-9-16-14/h8-9H,3-7H2,1-2H3,(H,15,16,17). The molecule has 0 aromatic carbocycles. The van der Waals surface area contributed by atoms with E-state index in [1.54, 1.807) is 6.33 Å². The predicted octanol–water partition coefficient (Wildman–Crippen LogP) is 2.39. The summed E-state index contributed by atoms with van der Waals surface area (Å²) in [5, 5.41) is 7.89. The van der Waals surface area contributed by atoms with Crippen LogP contribution in [0.5, 0.6) is 0 Å². The lowest BCUT2D eigenvalue weighted by Gasteiger charge is -2.17. The fourth-order valence-corrected chi connectivity index (χ4v) is 2.66. The number of fused-ring (bicyclic) bond motifs is 1. The van der Waals surface area contributed by atoms with Crippen LogP contribution < -0.4 is 5.32 Å². The second-order valence-electron chi connectivity index (χ2n) is 5.00. The van der Waals surface area contributed by atoms with Crippen molar-refractivity contribution in [2.24, 2.45) is 7.05 Å². The zero-order valence-electron chi connectivity index (χ0n) is 11.5. The molecule has 2 aromatic heterocycles. The quantitative estimate of drug-likeness (QED) is 0.917. The van der Waals surface area contributed by atoms with Crippen molar-refractivity contribution in [3.05, 3.63) is 29.5 Å². The molecule has 100 valence electrons. The Morgan fingerprint density at radius 1 is 1.26 bits per heavy atom. The van der Waals surface area contributed by atoms with Crippen LogP contribution >= 0.6 is 0 Å². The molecule has 0 amide bonds. The maximum atomic E-state index is 4.45. The summed E-state index contributed by atoms with van der Waals surface area (Å²) in [6, 6.07) is 0. The van der Waals surface area contributed by atoms with Gasteiger partial charge in [0.05, 0.1) is 11.4 Å². The highest BCUT2D eigenvalue weighted by Crippen LogP contribution is 2.27. The van der Waals surface area contributed by atoms with Gasteiger partial charge in [-0.2, -0.15) is 5.10 Å². The lowest BCUT2D eigenvalue weighted by atomic mass is 9.96. The predicted molar refractivity (Wildman–Crippen MR) is 74.5 cm³/mol. The first-order valence-corrected chi connectivity index (χ1v) is 6.90. The van der Waals surface area contributed by atoms with E-state index in [2.05, 4.69) is 27.3 Å².